The van der Waals surface area contributed by atoms with Gasteiger partial charge in [-0.2, -0.15) is 5.10 Å². The van der Waals surface area contributed by atoms with Crippen LogP contribution in [0.3, 0.4) is 0 Å². The van der Waals surface area contributed by atoms with E-state index in [0.29, 0.717) is 12.4 Å². The smallest absolute Gasteiger partial charge is 0.229 e. The third-order valence-electron chi connectivity index (χ3n) is 3.24. The van der Waals surface area contributed by atoms with E-state index < -0.39 is 0 Å². The monoisotopic (exact) mass is 310 g/mol. The lowest BCUT2D eigenvalue weighted by atomic mass is 10.1. The molecule has 0 aliphatic heterocycles. The molecule has 0 radical (unpaired) electrons. The minimum atomic E-state index is -0.317. The zero-order valence-electron chi connectivity index (χ0n) is 12.3. The minimum absolute atomic E-state index is 0.174. The predicted molar refractivity (Wildman–Crippen MR) is 84.3 cm³/mol. The predicted octanol–water partition coefficient (Wildman–Crippen LogP) is 2.65. The number of nitrogens with zero attached hydrogens (tertiary/aromatic N) is 3. The highest BCUT2D eigenvalue weighted by atomic mass is 19.1. The van der Waals surface area contributed by atoms with E-state index in [1.54, 1.807) is 35.3 Å². The van der Waals surface area contributed by atoms with E-state index in [0.717, 1.165) is 11.3 Å². The van der Waals surface area contributed by atoms with E-state index in [1.165, 1.54) is 12.1 Å². The summed E-state index contributed by atoms with van der Waals surface area (Å²) in [5.41, 5.74) is 1.64. The minimum Gasteiger partial charge on any atom is -0.309 e. The molecule has 23 heavy (non-hydrogen) atoms. The molecule has 1 aromatic carbocycles. The molecule has 5 nitrogen and oxygen atoms in total. The highest BCUT2D eigenvalue weighted by Crippen LogP contribution is 2.08. The van der Waals surface area contributed by atoms with Crippen molar-refractivity contribution in [3.8, 4) is 0 Å². The molecule has 0 saturated heterocycles. The summed E-state index contributed by atoms with van der Waals surface area (Å²) in [5.74, 6) is -0.0323. The fourth-order valence-electron chi connectivity index (χ4n) is 2.15. The molecule has 116 valence electrons. The first-order chi connectivity index (χ1) is 11.2. The largest absolute Gasteiger partial charge is 0.309 e. The molecular weight excluding hydrogens is 295 g/mol. The van der Waals surface area contributed by atoms with Gasteiger partial charge in [-0.3, -0.25) is 14.5 Å². The van der Waals surface area contributed by atoms with Crippen molar-refractivity contribution in [2.45, 2.75) is 13.0 Å². The topological polar surface area (TPSA) is 59.8 Å². The van der Waals surface area contributed by atoms with E-state index in [9.17, 15) is 9.18 Å². The van der Waals surface area contributed by atoms with Gasteiger partial charge in [-0.15, -0.1) is 0 Å². The number of rotatable bonds is 5. The standard InChI is InChI=1S/C17H15FN4O/c18-14-6-4-13(5-7-14)11-17(23)20-16-8-10-22(21-16)12-15-3-1-2-9-19-15/h1-10H,11-12H2,(H,20,21,23). The Morgan fingerprint density at radius 2 is 1.96 bits per heavy atom. The first-order valence-corrected chi connectivity index (χ1v) is 7.17. The van der Waals surface area contributed by atoms with Gasteiger partial charge in [0, 0.05) is 18.5 Å². The second kappa shape index (κ2) is 6.83. The maximum Gasteiger partial charge on any atom is 0.229 e. The number of aromatic nitrogens is 3. The highest BCUT2D eigenvalue weighted by Gasteiger charge is 2.07. The summed E-state index contributed by atoms with van der Waals surface area (Å²) < 4.78 is 14.5. The van der Waals surface area contributed by atoms with Gasteiger partial charge in [0.25, 0.3) is 0 Å². The number of anilines is 1. The fourth-order valence-corrected chi connectivity index (χ4v) is 2.15. The zero-order valence-corrected chi connectivity index (χ0v) is 12.3. The Balaban J connectivity index is 1.58. The Morgan fingerprint density at radius 3 is 2.70 bits per heavy atom. The molecule has 0 bridgehead atoms. The molecule has 0 atom stereocenters. The van der Waals surface area contributed by atoms with Crippen molar-refractivity contribution in [3.63, 3.8) is 0 Å². The summed E-state index contributed by atoms with van der Waals surface area (Å²) in [7, 11) is 0. The lowest BCUT2D eigenvalue weighted by Gasteiger charge is -2.03. The number of hydrogen-bond acceptors (Lipinski definition) is 3. The van der Waals surface area contributed by atoms with Crippen LogP contribution in [0.1, 0.15) is 11.3 Å². The van der Waals surface area contributed by atoms with Crippen LogP contribution in [0.5, 0.6) is 0 Å². The van der Waals surface area contributed by atoms with Gasteiger partial charge in [0.1, 0.15) is 5.82 Å². The van der Waals surface area contributed by atoms with Gasteiger partial charge in [-0.05, 0) is 29.8 Å². The molecule has 3 rings (SSSR count). The van der Waals surface area contributed by atoms with Crippen molar-refractivity contribution in [2.75, 3.05) is 5.32 Å². The van der Waals surface area contributed by atoms with Crippen LogP contribution in [0.4, 0.5) is 10.2 Å². The van der Waals surface area contributed by atoms with Gasteiger partial charge < -0.3 is 5.32 Å². The fraction of sp³-hybridized carbons (Fsp3) is 0.118. The van der Waals surface area contributed by atoms with Crippen molar-refractivity contribution in [1.82, 2.24) is 14.8 Å². The van der Waals surface area contributed by atoms with Crippen molar-refractivity contribution >= 4 is 11.7 Å². The van der Waals surface area contributed by atoms with Crippen LogP contribution in [0.2, 0.25) is 0 Å². The van der Waals surface area contributed by atoms with Gasteiger partial charge >= 0.3 is 0 Å². The summed E-state index contributed by atoms with van der Waals surface area (Å²) in [6, 6.07) is 13.3. The number of benzene rings is 1. The van der Waals surface area contributed by atoms with E-state index in [1.807, 2.05) is 18.2 Å². The molecule has 6 heteroatoms. The third-order valence-corrected chi connectivity index (χ3v) is 3.24. The van der Waals surface area contributed by atoms with Crippen LogP contribution >= 0.6 is 0 Å². The summed E-state index contributed by atoms with van der Waals surface area (Å²) in [6.45, 7) is 0.536. The molecule has 0 aliphatic rings. The van der Waals surface area contributed by atoms with Crippen molar-refractivity contribution in [1.29, 1.82) is 0 Å². The molecule has 2 aromatic heterocycles. The van der Waals surface area contributed by atoms with Crippen LogP contribution in [-0.2, 0) is 17.8 Å². The summed E-state index contributed by atoms with van der Waals surface area (Å²) in [6.07, 6.45) is 3.68. The van der Waals surface area contributed by atoms with Crippen LogP contribution in [-0.4, -0.2) is 20.7 Å². The van der Waals surface area contributed by atoms with E-state index in [4.69, 9.17) is 0 Å². The molecular formula is C17H15FN4O. The molecule has 0 unspecified atom stereocenters. The summed E-state index contributed by atoms with van der Waals surface area (Å²) in [5, 5.41) is 7.01. The van der Waals surface area contributed by atoms with E-state index in [2.05, 4.69) is 15.4 Å². The molecule has 0 fully saturated rings. The lowest BCUT2D eigenvalue weighted by molar-refractivity contribution is -0.115. The Morgan fingerprint density at radius 1 is 1.13 bits per heavy atom. The molecule has 1 amide bonds. The van der Waals surface area contributed by atoms with Crippen LogP contribution in [0.15, 0.2) is 60.9 Å². The number of carbonyl (C=O) groups is 1. The Labute approximate surface area is 132 Å². The second-order valence-electron chi connectivity index (χ2n) is 5.07. The van der Waals surface area contributed by atoms with Gasteiger partial charge in [0.15, 0.2) is 5.82 Å². The number of nitrogens with one attached hydrogen (secondary N) is 1. The van der Waals surface area contributed by atoms with Crippen LogP contribution in [0.25, 0.3) is 0 Å². The lowest BCUT2D eigenvalue weighted by Crippen LogP contribution is -2.15. The highest BCUT2D eigenvalue weighted by molar-refractivity contribution is 5.91. The molecule has 0 spiro atoms. The summed E-state index contributed by atoms with van der Waals surface area (Å²) in [4.78, 5) is 16.2. The SMILES string of the molecule is O=C(Cc1ccc(F)cc1)Nc1ccn(Cc2ccccn2)n1. The van der Waals surface area contributed by atoms with Crippen molar-refractivity contribution in [3.05, 3.63) is 78.0 Å². The molecule has 2 heterocycles. The number of halogens is 1. The number of hydrogen-bond donors (Lipinski definition) is 1. The van der Waals surface area contributed by atoms with Gasteiger partial charge in [-0.25, -0.2) is 4.39 Å². The molecule has 3 aromatic rings. The number of carbonyl (C=O) groups excluding carboxylic acids is 1. The first kappa shape index (κ1) is 14.9. The Hall–Kier alpha value is -3.02. The Kier molecular flexibility index (Phi) is 4.42. The Bertz CT molecular complexity index is 784. The van der Waals surface area contributed by atoms with Crippen LogP contribution in [0, 0.1) is 5.82 Å². The second-order valence-corrected chi connectivity index (χ2v) is 5.07. The van der Waals surface area contributed by atoms with Crippen molar-refractivity contribution in [2.24, 2.45) is 0 Å². The molecule has 0 aliphatic carbocycles. The maximum absolute atomic E-state index is 12.8. The average Bonchev–Trinajstić information content (AvgIpc) is 2.97. The quantitative estimate of drug-likeness (QED) is 0.788. The zero-order chi connectivity index (χ0) is 16.1. The van der Waals surface area contributed by atoms with Gasteiger partial charge in [0.2, 0.25) is 5.91 Å². The number of amides is 1. The normalized spacial score (nSPS) is 10.5. The van der Waals surface area contributed by atoms with E-state index >= 15 is 0 Å². The van der Waals surface area contributed by atoms with Crippen molar-refractivity contribution < 1.29 is 9.18 Å². The summed E-state index contributed by atoms with van der Waals surface area (Å²) >= 11 is 0. The van der Waals surface area contributed by atoms with E-state index in [-0.39, 0.29) is 18.1 Å². The molecule has 1 N–H and O–H groups in total. The maximum atomic E-state index is 12.8. The van der Waals surface area contributed by atoms with Crippen LogP contribution < -0.4 is 5.32 Å². The molecule has 0 saturated carbocycles. The third kappa shape index (κ3) is 4.23. The first-order valence-electron chi connectivity index (χ1n) is 7.17. The van der Waals surface area contributed by atoms with Gasteiger partial charge in [-0.1, -0.05) is 18.2 Å². The van der Waals surface area contributed by atoms with Gasteiger partial charge in [0.05, 0.1) is 18.7 Å². The average molecular weight is 310 g/mol. The number of pyridine rings is 1.